The Kier molecular flexibility index (Phi) is 5.49. The maximum Gasteiger partial charge on any atom is 0.328 e. The number of aromatic nitrogens is 2. The van der Waals surface area contributed by atoms with Gasteiger partial charge >= 0.3 is 5.69 Å². The molecule has 0 amide bonds. The van der Waals surface area contributed by atoms with Gasteiger partial charge in [0, 0.05) is 17.3 Å². The lowest BCUT2D eigenvalue weighted by Gasteiger charge is -2.11. The zero-order chi connectivity index (χ0) is 18.2. The van der Waals surface area contributed by atoms with Crippen molar-refractivity contribution >= 4 is 37.9 Å². The van der Waals surface area contributed by atoms with Crippen LogP contribution in [0, 0.1) is 30.2 Å². The number of H-pyrrole nitrogens is 1. The van der Waals surface area contributed by atoms with Crippen LogP contribution in [0.2, 0.25) is 0 Å². The van der Waals surface area contributed by atoms with Gasteiger partial charge in [0.05, 0.1) is 15.5 Å². The van der Waals surface area contributed by atoms with E-state index in [-0.39, 0.29) is 5.56 Å². The van der Waals surface area contributed by atoms with E-state index in [1.54, 1.807) is 0 Å². The van der Waals surface area contributed by atoms with Crippen LogP contribution < -0.4 is 11.2 Å². The van der Waals surface area contributed by atoms with Gasteiger partial charge in [-0.2, -0.15) is 0 Å². The van der Waals surface area contributed by atoms with Crippen molar-refractivity contribution in [1.29, 1.82) is 0 Å². The van der Waals surface area contributed by atoms with E-state index in [0.29, 0.717) is 3.39 Å². The molecule has 4 nitrogen and oxygen atoms in total. The smallest absolute Gasteiger partial charge is 0.295 e. The monoisotopic (exact) mass is 470 g/mol. The molecular formula is C14H8Br2F4N2O2. The molecule has 10 heteroatoms. The molecule has 0 saturated carbocycles. The Morgan fingerprint density at radius 2 is 1.67 bits per heavy atom. The molecule has 0 aliphatic carbocycles. The molecule has 128 valence electrons. The lowest BCUT2D eigenvalue weighted by atomic mass is 10.1. The topological polar surface area (TPSA) is 54.9 Å². The van der Waals surface area contributed by atoms with E-state index >= 15 is 0 Å². The quantitative estimate of drug-likeness (QED) is 0.550. The second-order valence-corrected chi connectivity index (χ2v) is 7.54. The Hall–Kier alpha value is -1.68. The van der Waals surface area contributed by atoms with E-state index < -0.39 is 52.2 Å². The summed E-state index contributed by atoms with van der Waals surface area (Å²) in [4.78, 5) is 25.4. The summed E-state index contributed by atoms with van der Waals surface area (Å²) in [7, 11) is 0. The minimum Gasteiger partial charge on any atom is -0.295 e. The number of rotatable bonds is 3. The number of benzene rings is 1. The Bertz CT molecular complexity index is 933. The van der Waals surface area contributed by atoms with Gasteiger partial charge in [-0.1, -0.05) is 0 Å². The van der Waals surface area contributed by atoms with Crippen molar-refractivity contribution in [3.63, 3.8) is 0 Å². The number of nitrogens with one attached hydrogen (secondary N) is 1. The van der Waals surface area contributed by atoms with Crippen LogP contribution in [-0.4, -0.2) is 9.55 Å². The van der Waals surface area contributed by atoms with Crippen molar-refractivity contribution in [3.8, 4) is 0 Å². The SMILES string of the molecule is Cc1c(F)c(F)c(Cn2cc(C=C(Br)Br)c(=O)[nH]c2=O)c(F)c1F. The molecule has 0 unspecified atom stereocenters. The lowest BCUT2D eigenvalue weighted by Crippen LogP contribution is -2.31. The summed E-state index contributed by atoms with van der Waals surface area (Å²) in [6.45, 7) is 0.0886. The van der Waals surface area contributed by atoms with Gasteiger partial charge in [-0.15, -0.1) is 0 Å². The first kappa shape index (κ1) is 18.7. The van der Waals surface area contributed by atoms with Gasteiger partial charge in [-0.3, -0.25) is 14.3 Å². The van der Waals surface area contributed by atoms with Crippen molar-refractivity contribution in [1.82, 2.24) is 9.55 Å². The van der Waals surface area contributed by atoms with Crippen LogP contribution in [0.3, 0.4) is 0 Å². The molecule has 0 aliphatic rings. The van der Waals surface area contributed by atoms with Gasteiger partial charge in [-0.25, -0.2) is 22.4 Å². The van der Waals surface area contributed by atoms with Crippen LogP contribution in [0.15, 0.2) is 19.2 Å². The number of halogens is 6. The summed E-state index contributed by atoms with van der Waals surface area (Å²) < 4.78 is 56.1. The number of nitrogens with zero attached hydrogens (tertiary/aromatic N) is 1. The lowest BCUT2D eigenvalue weighted by molar-refractivity contribution is 0.426. The molecule has 1 aromatic carbocycles. The van der Waals surface area contributed by atoms with Crippen LogP contribution in [0.4, 0.5) is 17.6 Å². The number of aromatic amines is 1. The Morgan fingerprint density at radius 3 is 2.17 bits per heavy atom. The average Bonchev–Trinajstić information content (AvgIpc) is 2.51. The highest BCUT2D eigenvalue weighted by Crippen LogP contribution is 2.24. The second kappa shape index (κ2) is 7.06. The molecule has 1 N–H and O–H groups in total. The molecule has 0 aliphatic heterocycles. The maximum absolute atomic E-state index is 13.9. The predicted octanol–water partition coefficient (Wildman–Crippen LogP) is 3.54. The van der Waals surface area contributed by atoms with Gasteiger partial charge in [0.25, 0.3) is 5.56 Å². The minimum absolute atomic E-state index is 0.0211. The molecule has 1 heterocycles. The van der Waals surface area contributed by atoms with E-state index in [2.05, 4.69) is 31.9 Å². The van der Waals surface area contributed by atoms with Crippen LogP contribution >= 0.6 is 31.9 Å². The highest BCUT2D eigenvalue weighted by molar-refractivity contribution is 9.28. The van der Waals surface area contributed by atoms with Crippen molar-refractivity contribution in [2.24, 2.45) is 0 Å². The Labute approximate surface area is 149 Å². The van der Waals surface area contributed by atoms with E-state index in [0.717, 1.165) is 17.7 Å². The van der Waals surface area contributed by atoms with Crippen molar-refractivity contribution in [3.05, 3.63) is 70.4 Å². The summed E-state index contributed by atoms with van der Waals surface area (Å²) >= 11 is 6.05. The summed E-state index contributed by atoms with van der Waals surface area (Å²) in [5, 5.41) is 0. The molecule has 24 heavy (non-hydrogen) atoms. The summed E-state index contributed by atoms with van der Waals surface area (Å²) in [6.07, 6.45) is 2.30. The fraction of sp³-hybridized carbons (Fsp3) is 0.143. The van der Waals surface area contributed by atoms with Crippen molar-refractivity contribution < 1.29 is 17.6 Å². The largest absolute Gasteiger partial charge is 0.328 e. The third-order valence-electron chi connectivity index (χ3n) is 3.21. The van der Waals surface area contributed by atoms with Crippen LogP contribution in [0.25, 0.3) is 6.08 Å². The summed E-state index contributed by atoms with van der Waals surface area (Å²) in [6, 6.07) is 0. The first-order valence-electron chi connectivity index (χ1n) is 6.31. The Balaban J connectivity index is 2.64. The van der Waals surface area contributed by atoms with Gasteiger partial charge in [0.1, 0.15) is 0 Å². The first-order valence-corrected chi connectivity index (χ1v) is 7.90. The highest BCUT2D eigenvalue weighted by Gasteiger charge is 2.23. The first-order chi connectivity index (χ1) is 11.1. The van der Waals surface area contributed by atoms with Gasteiger partial charge in [-0.05, 0) is 44.9 Å². The zero-order valence-electron chi connectivity index (χ0n) is 11.9. The minimum atomic E-state index is -1.59. The van der Waals surface area contributed by atoms with Crippen molar-refractivity contribution in [2.45, 2.75) is 13.5 Å². The molecule has 2 aromatic rings. The third kappa shape index (κ3) is 3.54. The molecule has 0 saturated heterocycles. The molecule has 0 fully saturated rings. The van der Waals surface area contributed by atoms with Crippen LogP contribution in [0.5, 0.6) is 0 Å². The highest BCUT2D eigenvalue weighted by atomic mass is 79.9. The molecule has 2 rings (SSSR count). The van der Waals surface area contributed by atoms with E-state index in [9.17, 15) is 27.2 Å². The summed E-state index contributed by atoms with van der Waals surface area (Å²) in [5.74, 6) is -6.26. The predicted molar refractivity (Wildman–Crippen MR) is 87.3 cm³/mol. The average molecular weight is 472 g/mol. The number of hydrogen-bond donors (Lipinski definition) is 1. The fourth-order valence-electron chi connectivity index (χ4n) is 1.96. The Morgan fingerprint density at radius 1 is 1.12 bits per heavy atom. The van der Waals surface area contributed by atoms with Crippen molar-refractivity contribution in [2.75, 3.05) is 0 Å². The standard InChI is InChI=1S/C14H8Br2F4N2O2/c1-5-9(17)11(19)7(12(20)10(5)18)4-22-3-6(2-8(15)16)13(23)21-14(22)24/h2-3H,4H2,1H3,(H,21,23,24). The molecule has 1 aromatic heterocycles. The molecule has 0 atom stereocenters. The molecule has 0 radical (unpaired) electrons. The zero-order valence-corrected chi connectivity index (χ0v) is 15.1. The van der Waals surface area contributed by atoms with Gasteiger partial charge in [0.15, 0.2) is 23.3 Å². The maximum atomic E-state index is 13.9. The third-order valence-corrected chi connectivity index (χ3v) is 3.66. The van der Waals surface area contributed by atoms with Crippen LogP contribution in [-0.2, 0) is 6.54 Å². The van der Waals surface area contributed by atoms with E-state index in [4.69, 9.17) is 0 Å². The van der Waals surface area contributed by atoms with Gasteiger partial charge in [0.2, 0.25) is 0 Å². The van der Waals surface area contributed by atoms with E-state index in [1.807, 2.05) is 4.98 Å². The summed E-state index contributed by atoms with van der Waals surface area (Å²) in [5.41, 5.74) is -3.50. The molecule has 0 bridgehead atoms. The molecular weight excluding hydrogens is 464 g/mol. The molecule has 0 spiro atoms. The number of hydrogen-bond acceptors (Lipinski definition) is 2. The van der Waals surface area contributed by atoms with Crippen LogP contribution in [0.1, 0.15) is 16.7 Å². The fourth-order valence-corrected chi connectivity index (χ4v) is 2.45. The normalized spacial score (nSPS) is 10.8. The van der Waals surface area contributed by atoms with Gasteiger partial charge < -0.3 is 0 Å². The van der Waals surface area contributed by atoms with E-state index in [1.165, 1.54) is 6.08 Å². The second-order valence-electron chi connectivity index (χ2n) is 4.77.